The zero-order valence-corrected chi connectivity index (χ0v) is 18.1. The number of amides is 2. The number of ether oxygens (including phenoxy) is 1. The van der Waals surface area contributed by atoms with Crippen molar-refractivity contribution >= 4 is 40.9 Å². The van der Waals surface area contributed by atoms with Gasteiger partial charge in [-0.25, -0.2) is 9.88 Å². The van der Waals surface area contributed by atoms with Crippen LogP contribution in [0.25, 0.3) is 11.9 Å². The summed E-state index contributed by atoms with van der Waals surface area (Å²) in [5, 5.41) is 2.62. The second kappa shape index (κ2) is 8.16. The van der Waals surface area contributed by atoms with E-state index in [2.05, 4.69) is 10.3 Å². The van der Waals surface area contributed by atoms with Gasteiger partial charge in [-0.05, 0) is 68.0 Å². The van der Waals surface area contributed by atoms with Gasteiger partial charge in [-0.15, -0.1) is 0 Å². The Hall–Kier alpha value is -3.78. The van der Waals surface area contributed by atoms with Crippen molar-refractivity contribution in [3.8, 4) is 11.6 Å². The van der Waals surface area contributed by atoms with Crippen molar-refractivity contribution in [1.82, 2.24) is 14.9 Å². The van der Waals surface area contributed by atoms with Crippen molar-refractivity contribution in [3.05, 3.63) is 77.3 Å². The maximum Gasteiger partial charge on any atom is 0.270 e. The number of methoxy groups -OCH3 is 1. The Kier molecular flexibility index (Phi) is 5.39. The quantitative estimate of drug-likeness (QED) is 0.389. The second-order valence-corrected chi connectivity index (χ2v) is 7.37. The summed E-state index contributed by atoms with van der Waals surface area (Å²) in [7, 11) is 1.51. The van der Waals surface area contributed by atoms with Crippen LogP contribution in [0.4, 0.5) is 5.69 Å². The number of carbonyl (C=O) groups excluding carboxylic acids is 2. The number of aryl methyl sites for hydroxylation is 1. The maximum absolute atomic E-state index is 13.3. The van der Waals surface area contributed by atoms with E-state index in [-0.39, 0.29) is 10.7 Å². The third kappa shape index (κ3) is 3.62. The van der Waals surface area contributed by atoms with E-state index < -0.39 is 11.8 Å². The first-order valence-electron chi connectivity index (χ1n) is 9.57. The van der Waals surface area contributed by atoms with Crippen molar-refractivity contribution in [1.29, 1.82) is 0 Å². The monoisotopic (exact) mass is 432 g/mol. The molecule has 0 bridgehead atoms. The molecule has 0 spiro atoms. The van der Waals surface area contributed by atoms with Crippen molar-refractivity contribution in [2.45, 2.75) is 13.8 Å². The molecule has 0 radical (unpaired) electrons. The summed E-state index contributed by atoms with van der Waals surface area (Å²) >= 11 is 5.28. The Labute approximate surface area is 185 Å². The summed E-state index contributed by atoms with van der Waals surface area (Å²) in [6.07, 6.45) is 3.31. The van der Waals surface area contributed by atoms with Gasteiger partial charge in [-0.1, -0.05) is 18.2 Å². The highest BCUT2D eigenvalue weighted by Crippen LogP contribution is 2.31. The van der Waals surface area contributed by atoms with Crippen LogP contribution in [0.1, 0.15) is 17.0 Å². The molecule has 2 aromatic heterocycles. The van der Waals surface area contributed by atoms with Crippen LogP contribution in [0.2, 0.25) is 0 Å². The summed E-state index contributed by atoms with van der Waals surface area (Å²) in [5.41, 5.74) is 2.99. The van der Waals surface area contributed by atoms with Crippen LogP contribution in [0.5, 0.6) is 5.75 Å². The lowest BCUT2D eigenvalue weighted by molar-refractivity contribution is -0.122. The molecule has 31 heavy (non-hydrogen) atoms. The Morgan fingerprint density at radius 1 is 1.10 bits per heavy atom. The summed E-state index contributed by atoms with van der Waals surface area (Å²) in [5.74, 6) is 0.185. The van der Waals surface area contributed by atoms with Crippen LogP contribution >= 0.6 is 12.2 Å². The SMILES string of the molecule is COc1ccccc1N1C(=O)/C(=C/c2cc(C)n(-c3ccccn3)c2C)C(=O)NC1=S. The van der Waals surface area contributed by atoms with Gasteiger partial charge in [0.25, 0.3) is 11.8 Å². The molecule has 1 aliphatic rings. The van der Waals surface area contributed by atoms with E-state index >= 15 is 0 Å². The van der Waals surface area contributed by atoms with Gasteiger partial charge in [0.2, 0.25) is 0 Å². The molecular weight excluding hydrogens is 412 g/mol. The van der Waals surface area contributed by atoms with Gasteiger partial charge < -0.3 is 9.30 Å². The fourth-order valence-corrected chi connectivity index (χ4v) is 3.89. The molecule has 1 aliphatic heterocycles. The van der Waals surface area contributed by atoms with Crippen LogP contribution in [-0.4, -0.2) is 33.6 Å². The molecule has 1 aromatic carbocycles. The first-order chi connectivity index (χ1) is 14.9. The van der Waals surface area contributed by atoms with Crippen LogP contribution < -0.4 is 15.0 Å². The van der Waals surface area contributed by atoms with Crippen LogP contribution in [-0.2, 0) is 9.59 Å². The number of hydrogen-bond donors (Lipinski definition) is 1. The molecule has 156 valence electrons. The zero-order valence-electron chi connectivity index (χ0n) is 17.2. The molecule has 0 atom stereocenters. The number of thiocarbonyl (C=S) groups is 1. The van der Waals surface area contributed by atoms with E-state index in [0.29, 0.717) is 11.4 Å². The predicted octanol–water partition coefficient (Wildman–Crippen LogP) is 3.33. The summed E-state index contributed by atoms with van der Waals surface area (Å²) < 4.78 is 7.34. The molecular formula is C23H20N4O3S. The number of benzene rings is 1. The molecule has 0 unspecified atom stereocenters. The number of hydrogen-bond acceptors (Lipinski definition) is 5. The first-order valence-corrected chi connectivity index (χ1v) is 9.98. The van der Waals surface area contributed by atoms with Crippen LogP contribution in [0, 0.1) is 13.8 Å². The fourth-order valence-electron chi connectivity index (χ4n) is 3.62. The molecule has 3 aromatic rings. The predicted molar refractivity (Wildman–Crippen MR) is 122 cm³/mol. The van der Waals surface area contributed by atoms with E-state index in [1.54, 1.807) is 36.5 Å². The largest absolute Gasteiger partial charge is 0.495 e. The Balaban J connectivity index is 1.78. The fraction of sp³-hybridized carbons (Fsp3) is 0.130. The number of nitrogens with one attached hydrogen (secondary N) is 1. The Bertz CT molecular complexity index is 1230. The summed E-state index contributed by atoms with van der Waals surface area (Å²) in [4.78, 5) is 31.7. The van der Waals surface area contributed by atoms with Gasteiger partial charge in [0.05, 0.1) is 12.8 Å². The number of rotatable bonds is 4. The molecule has 1 saturated heterocycles. The van der Waals surface area contributed by atoms with Gasteiger partial charge in [0, 0.05) is 17.6 Å². The van der Waals surface area contributed by atoms with Crippen LogP contribution in [0.15, 0.2) is 60.3 Å². The number of aromatic nitrogens is 2. The molecule has 4 rings (SSSR count). The maximum atomic E-state index is 13.3. The average Bonchev–Trinajstić information content (AvgIpc) is 3.04. The van der Waals surface area contributed by atoms with Gasteiger partial charge in [0.15, 0.2) is 5.11 Å². The summed E-state index contributed by atoms with van der Waals surface area (Å²) in [6, 6.07) is 14.6. The molecule has 0 saturated carbocycles. The van der Waals surface area contributed by atoms with E-state index in [9.17, 15) is 9.59 Å². The summed E-state index contributed by atoms with van der Waals surface area (Å²) in [6.45, 7) is 3.87. The smallest absolute Gasteiger partial charge is 0.270 e. The molecule has 2 amide bonds. The number of carbonyl (C=O) groups is 2. The van der Waals surface area contributed by atoms with Crippen molar-refractivity contribution < 1.29 is 14.3 Å². The Morgan fingerprint density at radius 3 is 2.55 bits per heavy atom. The zero-order chi connectivity index (χ0) is 22.1. The van der Waals surface area contributed by atoms with Crippen molar-refractivity contribution in [2.24, 2.45) is 0 Å². The number of nitrogens with zero attached hydrogens (tertiary/aromatic N) is 3. The molecule has 7 nitrogen and oxygen atoms in total. The molecule has 3 heterocycles. The first kappa shape index (κ1) is 20.5. The molecule has 1 N–H and O–H groups in total. The highest BCUT2D eigenvalue weighted by Gasteiger charge is 2.36. The van der Waals surface area contributed by atoms with Crippen LogP contribution in [0.3, 0.4) is 0 Å². The molecule has 8 heteroatoms. The minimum atomic E-state index is -0.538. The van der Waals surface area contributed by atoms with Crippen molar-refractivity contribution in [2.75, 3.05) is 12.0 Å². The van der Waals surface area contributed by atoms with Gasteiger partial charge in [0.1, 0.15) is 17.1 Å². The van der Waals surface area contributed by atoms with Crippen molar-refractivity contribution in [3.63, 3.8) is 0 Å². The number of para-hydroxylation sites is 2. The molecule has 1 fully saturated rings. The van der Waals surface area contributed by atoms with Gasteiger partial charge in [-0.3, -0.25) is 14.9 Å². The number of anilines is 1. The highest BCUT2D eigenvalue weighted by molar-refractivity contribution is 7.80. The van der Waals surface area contributed by atoms with E-state index in [1.165, 1.54) is 12.0 Å². The minimum Gasteiger partial charge on any atom is -0.495 e. The average molecular weight is 433 g/mol. The third-order valence-electron chi connectivity index (χ3n) is 5.08. The van der Waals surface area contributed by atoms with E-state index in [1.807, 2.05) is 42.7 Å². The standard InChI is InChI=1S/C23H20N4O3S/c1-14-12-16(15(2)26(14)20-10-6-7-11-24-20)13-17-21(28)25-23(31)27(22(17)29)18-8-4-5-9-19(18)30-3/h4-13H,1-3H3,(H,25,28,31)/b17-13+. The molecule has 0 aliphatic carbocycles. The number of pyridine rings is 1. The van der Waals surface area contributed by atoms with Gasteiger partial charge in [-0.2, -0.15) is 0 Å². The lowest BCUT2D eigenvalue weighted by Crippen LogP contribution is -2.54. The topological polar surface area (TPSA) is 76.5 Å². The minimum absolute atomic E-state index is 0.00982. The lowest BCUT2D eigenvalue weighted by Gasteiger charge is -2.29. The second-order valence-electron chi connectivity index (χ2n) is 6.98. The highest BCUT2D eigenvalue weighted by atomic mass is 32.1. The van der Waals surface area contributed by atoms with E-state index in [0.717, 1.165) is 22.8 Å². The normalized spacial score (nSPS) is 15.4. The Morgan fingerprint density at radius 2 is 1.84 bits per heavy atom. The third-order valence-corrected chi connectivity index (χ3v) is 5.36. The van der Waals surface area contributed by atoms with Gasteiger partial charge >= 0.3 is 0 Å². The van der Waals surface area contributed by atoms with E-state index in [4.69, 9.17) is 17.0 Å². The lowest BCUT2D eigenvalue weighted by atomic mass is 10.1.